The summed E-state index contributed by atoms with van der Waals surface area (Å²) in [7, 11) is 0. The van der Waals surface area contributed by atoms with Gasteiger partial charge in [0.05, 0.1) is 18.8 Å². The van der Waals surface area contributed by atoms with Crippen LogP contribution < -0.4 is 5.32 Å². The van der Waals surface area contributed by atoms with Crippen LogP contribution in [0, 0.1) is 5.92 Å². The third kappa shape index (κ3) is 4.43. The number of carbonyl (C=O) groups is 1. The topological polar surface area (TPSA) is 73.2 Å². The van der Waals surface area contributed by atoms with Gasteiger partial charge in [-0.3, -0.25) is 4.79 Å². The van der Waals surface area contributed by atoms with Gasteiger partial charge in [0.2, 0.25) is 0 Å². The lowest BCUT2D eigenvalue weighted by molar-refractivity contribution is 0.0912. The summed E-state index contributed by atoms with van der Waals surface area (Å²) in [5.74, 6) is 1.84. The number of benzene rings is 1. The highest BCUT2D eigenvalue weighted by Gasteiger charge is 2.33. The van der Waals surface area contributed by atoms with Crippen LogP contribution in [-0.2, 0) is 24.5 Å². The molecule has 2 atom stereocenters. The smallest absolute Gasteiger partial charge is 0.272 e. The van der Waals surface area contributed by atoms with E-state index in [2.05, 4.69) is 16.8 Å². The van der Waals surface area contributed by atoms with Crippen molar-refractivity contribution >= 4 is 17.3 Å². The van der Waals surface area contributed by atoms with Crippen molar-refractivity contribution in [3.63, 3.8) is 0 Å². The van der Waals surface area contributed by atoms with Crippen LogP contribution in [0.2, 0.25) is 0 Å². The van der Waals surface area contributed by atoms with Crippen molar-refractivity contribution in [1.82, 2.24) is 19.2 Å². The second-order valence-electron chi connectivity index (χ2n) is 8.38. The monoisotopic (exact) mass is 428 g/mol. The van der Waals surface area contributed by atoms with Crippen molar-refractivity contribution in [2.45, 2.75) is 65.1 Å². The van der Waals surface area contributed by atoms with Crippen LogP contribution in [-0.4, -0.2) is 42.7 Å². The zero-order valence-corrected chi connectivity index (χ0v) is 18.8. The van der Waals surface area contributed by atoms with E-state index >= 15 is 0 Å². The highest BCUT2D eigenvalue weighted by Crippen LogP contribution is 2.29. The fourth-order valence-corrected chi connectivity index (χ4v) is 5.63. The molecule has 0 bridgehead atoms. The molecule has 2 aromatic rings. The number of nitrogens with zero attached hydrogens (tertiary/aromatic N) is 3. The Balaban J connectivity index is 1.63. The normalized spacial score (nSPS) is 19.8. The average Bonchev–Trinajstić information content (AvgIpc) is 3.18. The molecule has 30 heavy (non-hydrogen) atoms. The van der Waals surface area contributed by atoms with Gasteiger partial charge in [0.15, 0.2) is 5.69 Å². The molecule has 6 nitrogen and oxygen atoms in total. The lowest BCUT2D eigenvalue weighted by Gasteiger charge is -2.30. The summed E-state index contributed by atoms with van der Waals surface area (Å²) >= 11 is -1.03. The maximum atomic E-state index is 13.3. The van der Waals surface area contributed by atoms with Crippen molar-refractivity contribution in [3.8, 4) is 11.4 Å². The Morgan fingerprint density at radius 2 is 1.97 bits per heavy atom. The molecule has 2 aliphatic rings. The molecule has 1 aliphatic carbocycles. The number of carbonyl (C=O) groups excluding carboxylic acids is 1. The van der Waals surface area contributed by atoms with Gasteiger partial charge in [-0.25, -0.2) is 4.98 Å². The molecule has 1 N–H and O–H groups in total. The van der Waals surface area contributed by atoms with Crippen LogP contribution >= 0.6 is 0 Å². The first-order valence-corrected chi connectivity index (χ1v) is 12.4. The van der Waals surface area contributed by atoms with Gasteiger partial charge in [0.1, 0.15) is 11.6 Å². The maximum absolute atomic E-state index is 13.3. The lowest BCUT2D eigenvalue weighted by Crippen LogP contribution is -2.42. The summed E-state index contributed by atoms with van der Waals surface area (Å²) in [6.07, 6.45) is 6.17. The minimum absolute atomic E-state index is 0.108. The van der Waals surface area contributed by atoms with E-state index in [1.165, 1.54) is 32.1 Å². The molecule has 1 amide bonds. The molecule has 1 fully saturated rings. The largest absolute Gasteiger partial charge is 0.598 e. The summed E-state index contributed by atoms with van der Waals surface area (Å²) < 4.78 is 16.5. The zero-order chi connectivity index (χ0) is 21.1. The zero-order valence-electron chi connectivity index (χ0n) is 18.0. The van der Waals surface area contributed by atoms with Crippen LogP contribution in [0.25, 0.3) is 11.4 Å². The Morgan fingerprint density at radius 1 is 1.23 bits per heavy atom. The Labute approximate surface area is 182 Å². The number of rotatable bonds is 6. The summed E-state index contributed by atoms with van der Waals surface area (Å²) in [4.78, 5) is 18.1. The molecule has 7 heteroatoms. The molecule has 1 aromatic carbocycles. The van der Waals surface area contributed by atoms with Crippen molar-refractivity contribution in [3.05, 3.63) is 41.7 Å². The average molecular weight is 429 g/mol. The van der Waals surface area contributed by atoms with E-state index in [0.29, 0.717) is 37.0 Å². The van der Waals surface area contributed by atoms with E-state index < -0.39 is 11.4 Å². The van der Waals surface area contributed by atoms with Crippen LogP contribution in [0.3, 0.4) is 0 Å². The van der Waals surface area contributed by atoms with E-state index in [9.17, 15) is 9.35 Å². The van der Waals surface area contributed by atoms with Gasteiger partial charge in [-0.05, 0) is 32.6 Å². The van der Waals surface area contributed by atoms with E-state index in [4.69, 9.17) is 4.98 Å². The highest BCUT2D eigenvalue weighted by atomic mass is 32.2. The molecule has 0 spiro atoms. The highest BCUT2D eigenvalue weighted by molar-refractivity contribution is 7.89. The number of aromatic nitrogens is 2. The predicted octanol–water partition coefficient (Wildman–Crippen LogP) is 3.75. The number of hydrogen-bond acceptors (Lipinski definition) is 4. The second kappa shape index (κ2) is 9.54. The van der Waals surface area contributed by atoms with Gasteiger partial charge in [0, 0.05) is 29.5 Å². The SMILES string of the molecule is CC[S+]([O-])N1CCn2c(-c3ccccc3)nc(C(=O)N[C@H](C)C3CCCCC3)c2C1. The Kier molecular flexibility index (Phi) is 6.80. The predicted molar refractivity (Wildman–Crippen MR) is 120 cm³/mol. The van der Waals surface area contributed by atoms with Gasteiger partial charge in [-0.2, -0.15) is 0 Å². The first-order chi connectivity index (χ1) is 14.6. The molecule has 2 heterocycles. The van der Waals surface area contributed by atoms with Gasteiger partial charge in [0.25, 0.3) is 5.91 Å². The molecule has 1 saturated carbocycles. The molecule has 0 radical (unpaired) electrons. The van der Waals surface area contributed by atoms with Crippen LogP contribution in [0.1, 0.15) is 62.1 Å². The van der Waals surface area contributed by atoms with Crippen molar-refractivity contribution < 1.29 is 9.35 Å². The van der Waals surface area contributed by atoms with E-state index in [0.717, 1.165) is 17.1 Å². The Hall–Kier alpha value is -1.83. The van der Waals surface area contributed by atoms with Gasteiger partial charge in [-0.1, -0.05) is 49.6 Å². The quantitative estimate of drug-likeness (QED) is 0.711. The van der Waals surface area contributed by atoms with E-state index in [1.807, 2.05) is 41.6 Å². The van der Waals surface area contributed by atoms with E-state index in [-0.39, 0.29) is 11.9 Å². The summed E-state index contributed by atoms with van der Waals surface area (Å²) in [5.41, 5.74) is 2.35. The van der Waals surface area contributed by atoms with Crippen molar-refractivity contribution in [1.29, 1.82) is 0 Å². The van der Waals surface area contributed by atoms with Gasteiger partial charge >= 0.3 is 0 Å². The molecule has 0 saturated heterocycles. The summed E-state index contributed by atoms with van der Waals surface area (Å²) in [6.45, 7) is 5.91. The number of imidazole rings is 1. The maximum Gasteiger partial charge on any atom is 0.272 e. The van der Waals surface area contributed by atoms with Crippen LogP contribution in [0.5, 0.6) is 0 Å². The molecule has 1 aromatic heterocycles. The number of hydrogen-bond donors (Lipinski definition) is 1. The Bertz CT molecular complexity index is 864. The van der Waals surface area contributed by atoms with Crippen LogP contribution in [0.4, 0.5) is 0 Å². The second-order valence-corrected chi connectivity index (χ2v) is 10.1. The first-order valence-electron chi connectivity index (χ1n) is 11.2. The first kappa shape index (κ1) is 21.4. The third-order valence-electron chi connectivity index (χ3n) is 6.47. The molecule has 162 valence electrons. The lowest BCUT2D eigenvalue weighted by atomic mass is 9.84. The fraction of sp³-hybridized carbons (Fsp3) is 0.565. The van der Waals surface area contributed by atoms with E-state index in [1.54, 1.807) is 0 Å². The number of amides is 1. The fourth-order valence-electron chi connectivity index (χ4n) is 4.72. The van der Waals surface area contributed by atoms with Crippen LogP contribution in [0.15, 0.2) is 30.3 Å². The molecular formula is C23H32N4O2S. The molecule has 4 rings (SSSR count). The molecule has 1 aliphatic heterocycles. The summed E-state index contributed by atoms with van der Waals surface area (Å²) in [5, 5.41) is 3.23. The minimum Gasteiger partial charge on any atom is -0.598 e. The van der Waals surface area contributed by atoms with Crippen molar-refractivity contribution in [2.24, 2.45) is 5.92 Å². The minimum atomic E-state index is -1.03. The van der Waals surface area contributed by atoms with Gasteiger partial charge < -0.3 is 14.4 Å². The molecule has 1 unspecified atom stereocenters. The summed E-state index contributed by atoms with van der Waals surface area (Å²) in [6, 6.07) is 10.2. The van der Waals surface area contributed by atoms with Gasteiger partial charge in [-0.15, -0.1) is 4.31 Å². The van der Waals surface area contributed by atoms with Crippen molar-refractivity contribution in [2.75, 3.05) is 12.3 Å². The number of nitrogens with one attached hydrogen (secondary N) is 1. The standard InChI is InChI=1S/C23H32N4O2S/c1-3-30(29)26-14-15-27-20(16-26)21(25-22(27)19-12-8-5-9-13-19)23(28)24-17(2)18-10-6-4-7-11-18/h5,8-9,12-13,17-18H,3-4,6-7,10-11,14-16H2,1-2H3,(H,24,28)/t17-,30?/m1/s1. The number of fused-ring (bicyclic) bond motifs is 1. The Morgan fingerprint density at radius 3 is 2.67 bits per heavy atom. The molecular weight excluding hydrogens is 396 g/mol. The third-order valence-corrected chi connectivity index (χ3v) is 7.85.